The molecule has 1 heterocycles. The van der Waals surface area contributed by atoms with Gasteiger partial charge < -0.3 is 16.2 Å². The van der Waals surface area contributed by atoms with Crippen molar-refractivity contribution in [3.63, 3.8) is 0 Å². The van der Waals surface area contributed by atoms with Gasteiger partial charge in [0.05, 0.1) is 5.69 Å². The average Bonchev–Trinajstić information content (AvgIpc) is 2.38. The normalized spacial score (nSPS) is 11.8. The highest BCUT2D eigenvalue weighted by molar-refractivity contribution is 5.75. The van der Waals surface area contributed by atoms with E-state index in [1.807, 2.05) is 0 Å². The number of rotatable bonds is 4. The lowest BCUT2D eigenvalue weighted by molar-refractivity contribution is -0.0494. The summed E-state index contributed by atoms with van der Waals surface area (Å²) in [6.07, 6.45) is 1.53. The number of aryl methyl sites for hydroxylation is 1. The number of hydrogen-bond donors (Lipinski definition) is 2. The van der Waals surface area contributed by atoms with Crippen LogP contribution in [0.25, 0.3) is 17.3 Å². The molecular formula is C14H15F2N5O. The zero-order chi connectivity index (χ0) is 16.3. The first-order chi connectivity index (χ1) is 10.4. The van der Waals surface area contributed by atoms with E-state index in [2.05, 4.69) is 19.9 Å². The average molecular weight is 307 g/mol. The van der Waals surface area contributed by atoms with Crippen molar-refractivity contribution in [1.82, 2.24) is 15.2 Å². The second kappa shape index (κ2) is 6.33. The van der Waals surface area contributed by atoms with Gasteiger partial charge in [-0.1, -0.05) is 6.07 Å². The second-order valence-electron chi connectivity index (χ2n) is 4.67. The lowest BCUT2D eigenvalue weighted by Crippen LogP contribution is -2.07. The number of ether oxygens (including phenoxy) is 1. The quantitative estimate of drug-likeness (QED) is 0.899. The Labute approximate surface area is 125 Å². The van der Waals surface area contributed by atoms with Gasteiger partial charge in [0.2, 0.25) is 5.95 Å². The number of nitrogens with two attached hydrogens (primary N) is 2. The Bertz CT molecular complexity index is 714. The number of allylic oxidation sites excluding steroid dienone is 1. The zero-order valence-electron chi connectivity index (χ0n) is 12.0. The lowest BCUT2D eigenvalue weighted by Gasteiger charge is -2.12. The van der Waals surface area contributed by atoms with Crippen LogP contribution >= 0.6 is 0 Å². The minimum atomic E-state index is -2.95. The van der Waals surface area contributed by atoms with Crippen molar-refractivity contribution in [3.05, 3.63) is 35.2 Å². The van der Waals surface area contributed by atoms with E-state index in [9.17, 15) is 8.78 Å². The second-order valence-corrected chi connectivity index (χ2v) is 4.67. The van der Waals surface area contributed by atoms with Crippen molar-refractivity contribution < 1.29 is 13.5 Å². The van der Waals surface area contributed by atoms with Crippen LogP contribution in [0.4, 0.5) is 14.7 Å². The van der Waals surface area contributed by atoms with E-state index in [1.54, 1.807) is 26.0 Å². The maximum Gasteiger partial charge on any atom is 0.387 e. The van der Waals surface area contributed by atoms with Crippen LogP contribution in [-0.4, -0.2) is 21.8 Å². The number of alkyl halides is 2. The Morgan fingerprint density at radius 1 is 1.32 bits per heavy atom. The van der Waals surface area contributed by atoms with E-state index in [4.69, 9.17) is 11.5 Å². The molecule has 0 aliphatic carbocycles. The standard InChI is InChI=1S/C14H15F2N5O/c1-7-3-4-9(11(5-7)22-13(15)16)12-10(6-8(2)17)19-14(18)21-20-12/h3-6,13H,17H2,1-2H3,(H2,18,19,21). The maximum atomic E-state index is 12.6. The molecule has 0 radical (unpaired) electrons. The molecule has 0 spiro atoms. The summed E-state index contributed by atoms with van der Waals surface area (Å²) in [7, 11) is 0. The molecule has 0 aliphatic heterocycles. The summed E-state index contributed by atoms with van der Waals surface area (Å²) >= 11 is 0. The van der Waals surface area contributed by atoms with Gasteiger partial charge in [-0.05, 0) is 37.6 Å². The van der Waals surface area contributed by atoms with Gasteiger partial charge in [-0.2, -0.15) is 8.78 Å². The SMILES string of the molecule is CC(N)=Cc1nc(N)nnc1-c1ccc(C)cc1OC(F)F. The van der Waals surface area contributed by atoms with Crippen LogP contribution in [-0.2, 0) is 0 Å². The molecule has 0 amide bonds. The van der Waals surface area contributed by atoms with Crippen molar-refractivity contribution in [2.45, 2.75) is 20.5 Å². The summed E-state index contributed by atoms with van der Waals surface area (Å²) in [5.41, 5.74) is 13.3. The van der Waals surface area contributed by atoms with Gasteiger partial charge in [0.15, 0.2) is 0 Å². The van der Waals surface area contributed by atoms with Crippen molar-refractivity contribution in [2.75, 3.05) is 5.73 Å². The summed E-state index contributed by atoms with van der Waals surface area (Å²) in [5.74, 6) is -0.0557. The molecule has 1 aromatic heterocycles. The minimum absolute atomic E-state index is 0.0137. The van der Waals surface area contributed by atoms with Crippen molar-refractivity contribution >= 4 is 12.0 Å². The molecule has 116 valence electrons. The lowest BCUT2D eigenvalue weighted by atomic mass is 10.1. The van der Waals surface area contributed by atoms with E-state index in [0.29, 0.717) is 17.0 Å². The Morgan fingerprint density at radius 3 is 2.68 bits per heavy atom. The first-order valence-electron chi connectivity index (χ1n) is 6.36. The van der Waals surface area contributed by atoms with Crippen LogP contribution in [0.5, 0.6) is 5.75 Å². The van der Waals surface area contributed by atoms with Gasteiger partial charge in [-0.25, -0.2) is 4.98 Å². The topological polar surface area (TPSA) is 99.9 Å². The fraction of sp³-hybridized carbons (Fsp3) is 0.214. The zero-order valence-corrected chi connectivity index (χ0v) is 12.0. The summed E-state index contributed by atoms with van der Waals surface area (Å²) in [5, 5.41) is 7.61. The highest BCUT2D eigenvalue weighted by Crippen LogP contribution is 2.32. The number of halogens is 2. The molecule has 2 aromatic rings. The Hall–Kier alpha value is -2.77. The molecule has 1 aromatic carbocycles. The monoisotopic (exact) mass is 307 g/mol. The van der Waals surface area contributed by atoms with Crippen LogP contribution in [0.3, 0.4) is 0 Å². The van der Waals surface area contributed by atoms with Gasteiger partial charge in [0.1, 0.15) is 11.4 Å². The van der Waals surface area contributed by atoms with Crippen molar-refractivity contribution in [2.24, 2.45) is 5.73 Å². The van der Waals surface area contributed by atoms with Gasteiger partial charge >= 0.3 is 6.61 Å². The minimum Gasteiger partial charge on any atom is -0.434 e. The molecule has 8 heteroatoms. The predicted molar refractivity (Wildman–Crippen MR) is 78.9 cm³/mol. The molecule has 0 fully saturated rings. The summed E-state index contributed by atoms with van der Waals surface area (Å²) in [6, 6.07) is 4.84. The first kappa shape index (κ1) is 15.6. The van der Waals surface area contributed by atoms with Crippen LogP contribution in [0.15, 0.2) is 23.9 Å². The number of hydrogen-bond acceptors (Lipinski definition) is 6. The Kier molecular flexibility index (Phi) is 4.50. The number of anilines is 1. The highest BCUT2D eigenvalue weighted by atomic mass is 19.3. The van der Waals surface area contributed by atoms with E-state index in [-0.39, 0.29) is 17.4 Å². The van der Waals surface area contributed by atoms with Gasteiger partial charge in [-0.15, -0.1) is 10.2 Å². The maximum absolute atomic E-state index is 12.6. The third kappa shape index (κ3) is 3.66. The van der Waals surface area contributed by atoms with Crippen molar-refractivity contribution in [1.29, 1.82) is 0 Å². The molecular weight excluding hydrogens is 292 g/mol. The van der Waals surface area contributed by atoms with Gasteiger partial charge in [0.25, 0.3) is 0 Å². The fourth-order valence-electron chi connectivity index (χ4n) is 1.88. The van der Waals surface area contributed by atoms with Crippen molar-refractivity contribution in [3.8, 4) is 17.0 Å². The Morgan fingerprint density at radius 2 is 2.05 bits per heavy atom. The fourth-order valence-corrected chi connectivity index (χ4v) is 1.88. The molecule has 4 N–H and O–H groups in total. The third-order valence-corrected chi connectivity index (χ3v) is 2.70. The molecule has 0 bridgehead atoms. The number of benzene rings is 1. The van der Waals surface area contributed by atoms with E-state index >= 15 is 0 Å². The molecule has 2 rings (SSSR count). The molecule has 0 unspecified atom stereocenters. The predicted octanol–water partition coefficient (Wildman–Crippen LogP) is 2.35. The highest BCUT2D eigenvalue weighted by Gasteiger charge is 2.17. The summed E-state index contributed by atoms with van der Waals surface area (Å²) in [4.78, 5) is 4.04. The largest absolute Gasteiger partial charge is 0.434 e. The summed E-state index contributed by atoms with van der Waals surface area (Å²) in [6.45, 7) is 0.471. The van der Waals surface area contributed by atoms with Crippen LogP contribution in [0.1, 0.15) is 18.2 Å². The van der Waals surface area contributed by atoms with Gasteiger partial charge in [0, 0.05) is 11.3 Å². The molecule has 22 heavy (non-hydrogen) atoms. The van der Waals surface area contributed by atoms with E-state index < -0.39 is 6.61 Å². The number of nitrogen functional groups attached to an aromatic ring is 1. The van der Waals surface area contributed by atoms with E-state index in [0.717, 1.165) is 5.56 Å². The molecule has 0 atom stereocenters. The van der Waals surface area contributed by atoms with E-state index in [1.165, 1.54) is 12.1 Å². The van der Waals surface area contributed by atoms with Crippen LogP contribution in [0, 0.1) is 6.92 Å². The smallest absolute Gasteiger partial charge is 0.387 e. The Balaban J connectivity index is 2.63. The molecule has 6 nitrogen and oxygen atoms in total. The molecule has 0 saturated carbocycles. The first-order valence-corrected chi connectivity index (χ1v) is 6.36. The third-order valence-electron chi connectivity index (χ3n) is 2.70. The number of nitrogens with zero attached hydrogens (tertiary/aromatic N) is 3. The van der Waals surface area contributed by atoms with Crippen LogP contribution < -0.4 is 16.2 Å². The molecule has 0 saturated heterocycles. The number of aromatic nitrogens is 3. The molecule has 0 aliphatic rings. The summed E-state index contributed by atoms with van der Waals surface area (Å²) < 4.78 is 29.8. The van der Waals surface area contributed by atoms with Crippen LogP contribution in [0.2, 0.25) is 0 Å². The van der Waals surface area contributed by atoms with Gasteiger partial charge in [-0.3, -0.25) is 0 Å².